The summed E-state index contributed by atoms with van der Waals surface area (Å²) in [7, 11) is 0. The van der Waals surface area contributed by atoms with Crippen molar-refractivity contribution in [2.24, 2.45) is 5.92 Å². The lowest BCUT2D eigenvalue weighted by atomic mass is 10.4. The molecule has 0 amide bonds. The minimum atomic E-state index is 0.893. The molecule has 2 aromatic rings. The van der Waals surface area contributed by atoms with E-state index in [1.54, 1.807) is 22.7 Å². The second kappa shape index (κ2) is 4.84. The van der Waals surface area contributed by atoms with Crippen LogP contribution < -0.4 is 5.32 Å². The van der Waals surface area contributed by atoms with Crippen molar-refractivity contribution in [1.82, 2.24) is 15.3 Å². The maximum absolute atomic E-state index is 4.61. The number of thiazole rings is 2. The Bertz CT molecular complexity index is 499. The number of nitrogens with one attached hydrogen (secondary N) is 1. The monoisotopic (exact) mass is 265 g/mol. The lowest BCUT2D eigenvalue weighted by molar-refractivity contribution is 0.637. The molecule has 0 bridgehead atoms. The van der Waals surface area contributed by atoms with Gasteiger partial charge >= 0.3 is 0 Å². The van der Waals surface area contributed by atoms with Gasteiger partial charge in [0.15, 0.2) is 0 Å². The lowest BCUT2D eigenvalue weighted by Gasteiger charge is -1.98. The second-order valence-electron chi connectivity index (χ2n) is 4.45. The van der Waals surface area contributed by atoms with Gasteiger partial charge in [-0.2, -0.15) is 0 Å². The van der Waals surface area contributed by atoms with Crippen molar-refractivity contribution in [3.05, 3.63) is 20.8 Å². The maximum Gasteiger partial charge on any atom is 0.107 e. The predicted molar refractivity (Wildman–Crippen MR) is 72.4 cm³/mol. The van der Waals surface area contributed by atoms with Gasteiger partial charge in [0.05, 0.1) is 5.01 Å². The van der Waals surface area contributed by atoms with Crippen LogP contribution in [0.3, 0.4) is 0 Å². The summed E-state index contributed by atoms with van der Waals surface area (Å²) in [6.07, 6.45) is 2.79. The molecule has 0 radical (unpaired) electrons. The van der Waals surface area contributed by atoms with E-state index in [1.165, 1.54) is 12.8 Å². The van der Waals surface area contributed by atoms with Crippen molar-refractivity contribution in [3.63, 3.8) is 0 Å². The normalized spacial score (nSPS) is 15.4. The van der Waals surface area contributed by atoms with Crippen LogP contribution in [-0.2, 0) is 6.54 Å². The van der Waals surface area contributed by atoms with Crippen LogP contribution in [0.5, 0.6) is 0 Å². The molecule has 1 aliphatic rings. The fourth-order valence-electron chi connectivity index (χ4n) is 1.70. The standard InChI is InChI=1S/C12H15N3S2/c1-8-14-10(6-16-8)11-7-17-12(15-11)5-13-4-9-2-3-9/h6-7,9,13H,2-5H2,1H3. The molecule has 17 heavy (non-hydrogen) atoms. The van der Waals surface area contributed by atoms with Gasteiger partial charge < -0.3 is 5.32 Å². The van der Waals surface area contributed by atoms with E-state index in [-0.39, 0.29) is 0 Å². The number of aromatic nitrogens is 2. The fraction of sp³-hybridized carbons (Fsp3) is 0.500. The molecule has 3 nitrogen and oxygen atoms in total. The topological polar surface area (TPSA) is 37.8 Å². The summed E-state index contributed by atoms with van der Waals surface area (Å²) in [5.41, 5.74) is 2.03. The molecule has 0 aliphatic heterocycles. The molecule has 1 aliphatic carbocycles. The zero-order valence-electron chi connectivity index (χ0n) is 9.77. The number of aryl methyl sites for hydroxylation is 1. The zero-order chi connectivity index (χ0) is 11.7. The van der Waals surface area contributed by atoms with Gasteiger partial charge in [0, 0.05) is 17.3 Å². The Kier molecular flexibility index (Phi) is 3.22. The first-order valence-electron chi connectivity index (χ1n) is 5.89. The Hall–Kier alpha value is -0.780. The van der Waals surface area contributed by atoms with E-state index < -0.39 is 0 Å². The van der Waals surface area contributed by atoms with E-state index in [0.717, 1.165) is 40.4 Å². The SMILES string of the molecule is Cc1nc(-c2csc(CNCC3CC3)n2)cs1. The number of hydrogen-bond acceptors (Lipinski definition) is 5. The summed E-state index contributed by atoms with van der Waals surface area (Å²) in [5, 5.41) is 9.90. The van der Waals surface area contributed by atoms with Crippen LogP contribution in [-0.4, -0.2) is 16.5 Å². The maximum atomic E-state index is 4.61. The Morgan fingerprint density at radius 1 is 1.24 bits per heavy atom. The van der Waals surface area contributed by atoms with Gasteiger partial charge in [-0.15, -0.1) is 22.7 Å². The molecule has 0 atom stereocenters. The van der Waals surface area contributed by atoms with Crippen LogP contribution in [0.1, 0.15) is 22.9 Å². The summed E-state index contributed by atoms with van der Waals surface area (Å²) >= 11 is 3.39. The highest BCUT2D eigenvalue weighted by molar-refractivity contribution is 7.10. The van der Waals surface area contributed by atoms with Gasteiger partial charge in [0.2, 0.25) is 0 Å². The largest absolute Gasteiger partial charge is 0.310 e. The molecule has 2 heterocycles. The van der Waals surface area contributed by atoms with Crippen LogP contribution in [0.15, 0.2) is 10.8 Å². The van der Waals surface area contributed by atoms with E-state index >= 15 is 0 Å². The van der Waals surface area contributed by atoms with Crippen LogP contribution in [0, 0.1) is 12.8 Å². The van der Waals surface area contributed by atoms with Gasteiger partial charge in [-0.1, -0.05) is 0 Å². The van der Waals surface area contributed by atoms with E-state index in [1.807, 2.05) is 6.92 Å². The van der Waals surface area contributed by atoms with Gasteiger partial charge in [-0.25, -0.2) is 9.97 Å². The van der Waals surface area contributed by atoms with Gasteiger partial charge in [-0.3, -0.25) is 0 Å². The van der Waals surface area contributed by atoms with Crippen molar-refractivity contribution in [3.8, 4) is 11.4 Å². The average Bonchev–Trinajstić information content (AvgIpc) is 2.85. The summed E-state index contributed by atoms with van der Waals surface area (Å²) < 4.78 is 0. The minimum absolute atomic E-state index is 0.893. The van der Waals surface area contributed by atoms with Crippen molar-refractivity contribution in [1.29, 1.82) is 0 Å². The summed E-state index contributed by atoms with van der Waals surface area (Å²) in [6.45, 7) is 4.06. The van der Waals surface area contributed by atoms with Gasteiger partial charge in [0.1, 0.15) is 16.4 Å². The Labute approximate surface area is 109 Å². The van der Waals surface area contributed by atoms with Crippen molar-refractivity contribution in [2.45, 2.75) is 26.3 Å². The molecule has 1 fully saturated rings. The first-order chi connectivity index (χ1) is 8.31. The third-order valence-electron chi connectivity index (χ3n) is 2.84. The summed E-state index contributed by atoms with van der Waals surface area (Å²) in [4.78, 5) is 9.07. The van der Waals surface area contributed by atoms with Crippen molar-refractivity contribution < 1.29 is 0 Å². The molecule has 0 aromatic carbocycles. The van der Waals surface area contributed by atoms with Gasteiger partial charge in [-0.05, 0) is 32.2 Å². The Morgan fingerprint density at radius 3 is 2.71 bits per heavy atom. The Morgan fingerprint density at radius 2 is 2.00 bits per heavy atom. The third-order valence-corrected chi connectivity index (χ3v) is 4.46. The van der Waals surface area contributed by atoms with Crippen LogP contribution in [0.4, 0.5) is 0 Å². The van der Waals surface area contributed by atoms with Gasteiger partial charge in [0.25, 0.3) is 0 Å². The van der Waals surface area contributed by atoms with Crippen molar-refractivity contribution >= 4 is 22.7 Å². The fourth-order valence-corrected chi connectivity index (χ4v) is 3.06. The lowest BCUT2D eigenvalue weighted by Crippen LogP contribution is -2.15. The molecule has 0 spiro atoms. The molecule has 0 unspecified atom stereocenters. The summed E-state index contributed by atoms with van der Waals surface area (Å²) in [5.74, 6) is 0.927. The van der Waals surface area contributed by atoms with E-state index in [0.29, 0.717) is 0 Å². The highest BCUT2D eigenvalue weighted by Gasteiger charge is 2.20. The molecule has 1 saturated carbocycles. The average molecular weight is 265 g/mol. The molecule has 0 saturated heterocycles. The highest BCUT2D eigenvalue weighted by atomic mass is 32.1. The van der Waals surface area contributed by atoms with Crippen LogP contribution in [0.25, 0.3) is 11.4 Å². The van der Waals surface area contributed by atoms with Crippen LogP contribution in [0.2, 0.25) is 0 Å². The van der Waals surface area contributed by atoms with E-state index in [4.69, 9.17) is 0 Å². The molecule has 5 heteroatoms. The third kappa shape index (κ3) is 2.91. The smallest absolute Gasteiger partial charge is 0.107 e. The zero-order valence-corrected chi connectivity index (χ0v) is 11.4. The number of rotatable bonds is 5. The molecule has 2 aromatic heterocycles. The minimum Gasteiger partial charge on any atom is -0.310 e. The van der Waals surface area contributed by atoms with E-state index in [2.05, 4.69) is 26.0 Å². The first-order valence-corrected chi connectivity index (χ1v) is 7.65. The molecule has 90 valence electrons. The summed E-state index contributed by atoms with van der Waals surface area (Å²) in [6, 6.07) is 0. The first kappa shape index (κ1) is 11.3. The Balaban J connectivity index is 1.61. The molecule has 3 rings (SSSR count). The quantitative estimate of drug-likeness (QED) is 0.903. The molecular formula is C12H15N3S2. The molecule has 1 N–H and O–H groups in total. The number of nitrogens with zero attached hydrogens (tertiary/aromatic N) is 2. The van der Waals surface area contributed by atoms with E-state index in [9.17, 15) is 0 Å². The molecular weight excluding hydrogens is 250 g/mol. The number of hydrogen-bond donors (Lipinski definition) is 1. The van der Waals surface area contributed by atoms with Crippen molar-refractivity contribution in [2.75, 3.05) is 6.54 Å². The second-order valence-corrected chi connectivity index (χ2v) is 6.46. The van der Waals surface area contributed by atoms with Crippen LogP contribution >= 0.6 is 22.7 Å². The predicted octanol–water partition coefficient (Wildman–Crippen LogP) is 3.07. The highest BCUT2D eigenvalue weighted by Crippen LogP contribution is 2.28.